The Bertz CT molecular complexity index is 488. The van der Waals surface area contributed by atoms with Crippen molar-refractivity contribution in [3.8, 4) is 5.75 Å². The van der Waals surface area contributed by atoms with Crippen LogP contribution in [0.2, 0.25) is 5.02 Å². The Kier molecular flexibility index (Phi) is 3.78. The molecule has 1 aliphatic rings. The molecule has 0 aliphatic heterocycles. The first kappa shape index (κ1) is 13.2. The first-order valence-corrected chi connectivity index (χ1v) is 6.41. The minimum atomic E-state index is -1.24. The van der Waals surface area contributed by atoms with Crippen molar-refractivity contribution < 1.29 is 15.0 Å². The molecule has 0 bridgehead atoms. The number of rotatable bonds is 2. The highest BCUT2D eigenvalue weighted by Crippen LogP contribution is 2.38. The summed E-state index contributed by atoms with van der Waals surface area (Å²) in [6.45, 7) is 0. The van der Waals surface area contributed by atoms with E-state index in [2.05, 4.69) is 0 Å². The number of aromatic hydroxyl groups is 1. The van der Waals surface area contributed by atoms with E-state index in [-0.39, 0.29) is 16.3 Å². The molecule has 0 saturated carbocycles. The molecule has 0 fully saturated rings. The Morgan fingerprint density at radius 2 is 2.00 bits per heavy atom. The molecule has 1 aromatic rings. The number of benzene rings is 1. The quantitative estimate of drug-likeness (QED) is 0.720. The summed E-state index contributed by atoms with van der Waals surface area (Å²) in [6, 6.07) is 0.455. The van der Waals surface area contributed by atoms with Gasteiger partial charge in [0, 0.05) is 5.56 Å². The van der Waals surface area contributed by atoms with Gasteiger partial charge in [0.1, 0.15) is 11.8 Å². The van der Waals surface area contributed by atoms with Crippen LogP contribution in [0.5, 0.6) is 5.75 Å². The van der Waals surface area contributed by atoms with E-state index in [9.17, 15) is 9.90 Å². The summed E-state index contributed by atoms with van der Waals surface area (Å²) in [7, 11) is 0. The van der Waals surface area contributed by atoms with E-state index in [1.165, 1.54) is 0 Å². The Hall–Kier alpha value is -1.26. The number of phenols is 1. The van der Waals surface area contributed by atoms with Crippen molar-refractivity contribution in [2.24, 2.45) is 5.73 Å². The zero-order chi connectivity index (χ0) is 13.3. The Morgan fingerprint density at radius 3 is 2.67 bits per heavy atom. The fourth-order valence-corrected chi connectivity index (χ4v) is 2.74. The lowest BCUT2D eigenvalue weighted by Gasteiger charge is -2.16. The first-order chi connectivity index (χ1) is 8.52. The lowest BCUT2D eigenvalue weighted by atomic mass is 9.96. The van der Waals surface area contributed by atoms with Crippen LogP contribution in [0.4, 0.5) is 0 Å². The predicted octanol–water partition coefficient (Wildman–Crippen LogP) is 2.40. The van der Waals surface area contributed by atoms with E-state index in [4.69, 9.17) is 22.4 Å². The summed E-state index contributed by atoms with van der Waals surface area (Å²) in [5.74, 6) is -1.36. The molecule has 0 radical (unpaired) electrons. The van der Waals surface area contributed by atoms with Gasteiger partial charge in [-0.1, -0.05) is 18.0 Å². The molecule has 0 amide bonds. The zero-order valence-corrected chi connectivity index (χ0v) is 10.7. The number of hydrogen-bond donors (Lipinski definition) is 3. The summed E-state index contributed by atoms with van der Waals surface area (Å²) in [5, 5.41) is 19.2. The monoisotopic (exact) mass is 269 g/mol. The molecule has 5 heteroatoms. The second kappa shape index (κ2) is 5.16. The molecule has 1 aliphatic carbocycles. The number of carbonyl (C=O) groups is 1. The topological polar surface area (TPSA) is 83.6 Å². The third-order valence-electron chi connectivity index (χ3n) is 3.44. The maximum absolute atomic E-state index is 10.9. The largest absolute Gasteiger partial charge is 0.506 e. The van der Waals surface area contributed by atoms with Crippen LogP contribution in [0.1, 0.15) is 42.0 Å². The van der Waals surface area contributed by atoms with E-state index in [0.717, 1.165) is 43.2 Å². The molecule has 2 rings (SSSR count). The van der Waals surface area contributed by atoms with Gasteiger partial charge < -0.3 is 15.9 Å². The molecule has 1 aromatic carbocycles. The van der Waals surface area contributed by atoms with Crippen molar-refractivity contribution in [3.05, 3.63) is 27.8 Å². The van der Waals surface area contributed by atoms with Gasteiger partial charge in [-0.25, -0.2) is 0 Å². The highest BCUT2D eigenvalue weighted by atomic mass is 35.5. The summed E-state index contributed by atoms with van der Waals surface area (Å²) in [6.07, 6.45) is 4.89. The molecule has 18 heavy (non-hydrogen) atoms. The highest BCUT2D eigenvalue weighted by Gasteiger charge is 2.24. The number of hydrogen-bond acceptors (Lipinski definition) is 3. The van der Waals surface area contributed by atoms with E-state index in [1.54, 1.807) is 6.07 Å². The third-order valence-corrected chi connectivity index (χ3v) is 3.84. The van der Waals surface area contributed by atoms with E-state index < -0.39 is 12.0 Å². The third kappa shape index (κ3) is 2.31. The van der Waals surface area contributed by atoms with Crippen molar-refractivity contribution >= 4 is 17.6 Å². The average Bonchev–Trinajstić information content (AvgIpc) is 2.58. The van der Waals surface area contributed by atoms with Crippen LogP contribution in [0, 0.1) is 0 Å². The van der Waals surface area contributed by atoms with Gasteiger partial charge in [0.2, 0.25) is 0 Å². The van der Waals surface area contributed by atoms with Gasteiger partial charge in [-0.05, 0) is 42.9 Å². The minimum absolute atomic E-state index is 0.188. The van der Waals surface area contributed by atoms with Crippen molar-refractivity contribution in [1.82, 2.24) is 0 Å². The fourth-order valence-electron chi connectivity index (χ4n) is 2.41. The Balaban J connectivity index is 2.53. The lowest BCUT2D eigenvalue weighted by Crippen LogP contribution is -2.21. The predicted molar refractivity (Wildman–Crippen MR) is 68.9 cm³/mol. The van der Waals surface area contributed by atoms with Gasteiger partial charge >= 0.3 is 5.97 Å². The first-order valence-electron chi connectivity index (χ1n) is 6.04. The summed E-state index contributed by atoms with van der Waals surface area (Å²) < 4.78 is 0. The molecule has 0 spiro atoms. The van der Waals surface area contributed by atoms with Crippen LogP contribution >= 0.6 is 11.6 Å². The van der Waals surface area contributed by atoms with Gasteiger partial charge in [0.05, 0.1) is 5.02 Å². The SMILES string of the molecule is NC(C(=O)O)c1cc2c(c(Cl)c1O)CCCCC2. The molecular weight excluding hydrogens is 254 g/mol. The number of carboxylic acids is 1. The van der Waals surface area contributed by atoms with Gasteiger partial charge in [-0.3, -0.25) is 4.79 Å². The molecule has 1 atom stereocenters. The van der Waals surface area contributed by atoms with E-state index >= 15 is 0 Å². The molecule has 4 N–H and O–H groups in total. The highest BCUT2D eigenvalue weighted by molar-refractivity contribution is 6.33. The number of nitrogens with two attached hydrogens (primary N) is 1. The summed E-state index contributed by atoms with van der Waals surface area (Å²) in [4.78, 5) is 10.9. The van der Waals surface area contributed by atoms with E-state index in [0.29, 0.717) is 0 Å². The second-order valence-electron chi connectivity index (χ2n) is 4.64. The number of aliphatic carboxylic acids is 1. The maximum atomic E-state index is 10.9. The number of phenolic OH excluding ortho intramolecular Hbond substituents is 1. The minimum Gasteiger partial charge on any atom is -0.506 e. The Labute approximate surface area is 110 Å². The lowest BCUT2D eigenvalue weighted by molar-refractivity contribution is -0.138. The number of fused-ring (bicyclic) bond motifs is 1. The van der Waals surface area contributed by atoms with Crippen LogP contribution in [0.25, 0.3) is 0 Å². The van der Waals surface area contributed by atoms with Crippen LogP contribution in [-0.2, 0) is 17.6 Å². The van der Waals surface area contributed by atoms with Crippen molar-refractivity contribution in [2.45, 2.75) is 38.1 Å². The summed E-state index contributed by atoms with van der Waals surface area (Å²) >= 11 is 6.14. The van der Waals surface area contributed by atoms with Crippen LogP contribution in [-0.4, -0.2) is 16.2 Å². The molecule has 4 nitrogen and oxygen atoms in total. The zero-order valence-electron chi connectivity index (χ0n) is 9.95. The number of carboxylic acid groups (broad SMARTS) is 1. The van der Waals surface area contributed by atoms with Gasteiger partial charge in [0.15, 0.2) is 0 Å². The van der Waals surface area contributed by atoms with Crippen LogP contribution in [0.15, 0.2) is 6.07 Å². The molecule has 98 valence electrons. The van der Waals surface area contributed by atoms with Crippen LogP contribution in [0.3, 0.4) is 0 Å². The number of halogens is 1. The standard InChI is InChI=1S/C13H16ClNO3/c14-10-8-5-3-1-2-4-7(8)6-9(12(10)16)11(15)13(17)18/h6,11,16H,1-5,15H2,(H,17,18). The van der Waals surface area contributed by atoms with Gasteiger partial charge in [0.25, 0.3) is 0 Å². The normalized spacial score (nSPS) is 16.8. The van der Waals surface area contributed by atoms with Crippen molar-refractivity contribution in [2.75, 3.05) is 0 Å². The number of aryl methyl sites for hydroxylation is 1. The second-order valence-corrected chi connectivity index (χ2v) is 5.02. The van der Waals surface area contributed by atoms with Crippen LogP contribution < -0.4 is 5.73 Å². The molecule has 0 saturated heterocycles. The van der Waals surface area contributed by atoms with E-state index in [1.807, 2.05) is 0 Å². The molecular formula is C13H16ClNO3. The van der Waals surface area contributed by atoms with Crippen molar-refractivity contribution in [1.29, 1.82) is 0 Å². The molecule has 1 unspecified atom stereocenters. The van der Waals surface area contributed by atoms with Gasteiger partial charge in [-0.15, -0.1) is 0 Å². The summed E-state index contributed by atoms with van der Waals surface area (Å²) in [5.41, 5.74) is 7.72. The van der Waals surface area contributed by atoms with Gasteiger partial charge in [-0.2, -0.15) is 0 Å². The van der Waals surface area contributed by atoms with Crippen molar-refractivity contribution in [3.63, 3.8) is 0 Å². The molecule has 0 heterocycles. The molecule has 0 aromatic heterocycles. The fraction of sp³-hybridized carbons (Fsp3) is 0.462. The smallest absolute Gasteiger partial charge is 0.325 e. The Morgan fingerprint density at radius 1 is 1.33 bits per heavy atom. The average molecular weight is 270 g/mol. The maximum Gasteiger partial charge on any atom is 0.325 e.